The summed E-state index contributed by atoms with van der Waals surface area (Å²) in [6.45, 7) is 4.85. The molecule has 84 valence electrons. The molecule has 0 aliphatic rings. The number of hydrogen-bond donors (Lipinski definition) is 2. The number of hydrazine groups is 1. The maximum Gasteiger partial charge on any atom is 0.0632 e. The lowest BCUT2D eigenvalue weighted by Gasteiger charge is -2.15. The summed E-state index contributed by atoms with van der Waals surface area (Å²) < 4.78 is 5.09. The second kappa shape index (κ2) is 5.85. The molecule has 1 aromatic carbocycles. The molecule has 1 atom stereocenters. The Kier molecular flexibility index (Phi) is 4.75. The summed E-state index contributed by atoms with van der Waals surface area (Å²) in [4.78, 5) is 0. The Labute approximate surface area is 91.6 Å². The van der Waals surface area contributed by atoms with Crippen molar-refractivity contribution in [3.8, 4) is 0 Å². The summed E-state index contributed by atoms with van der Waals surface area (Å²) in [5, 5.41) is 0. The van der Waals surface area contributed by atoms with E-state index in [0.29, 0.717) is 6.61 Å². The maximum absolute atomic E-state index is 5.45. The number of aryl methyl sites for hydroxylation is 2. The first-order chi connectivity index (χ1) is 7.15. The van der Waals surface area contributed by atoms with Crippen LogP contribution in [0.3, 0.4) is 0 Å². The second-order valence-corrected chi connectivity index (χ2v) is 4.02. The van der Waals surface area contributed by atoms with Gasteiger partial charge in [-0.1, -0.05) is 29.3 Å². The van der Waals surface area contributed by atoms with Gasteiger partial charge in [-0.15, -0.1) is 0 Å². The lowest BCUT2D eigenvalue weighted by molar-refractivity contribution is 0.166. The highest BCUT2D eigenvalue weighted by Gasteiger charge is 2.07. The van der Waals surface area contributed by atoms with Gasteiger partial charge in [-0.25, -0.2) is 0 Å². The van der Waals surface area contributed by atoms with E-state index >= 15 is 0 Å². The van der Waals surface area contributed by atoms with Gasteiger partial charge < -0.3 is 4.74 Å². The summed E-state index contributed by atoms with van der Waals surface area (Å²) in [5.74, 6) is 5.45. The fraction of sp³-hybridized carbons (Fsp3) is 0.500. The number of methoxy groups -OCH3 is 1. The van der Waals surface area contributed by atoms with Crippen molar-refractivity contribution >= 4 is 0 Å². The molecule has 0 spiro atoms. The van der Waals surface area contributed by atoms with Crippen LogP contribution in [-0.2, 0) is 11.2 Å². The number of nitrogens with two attached hydrogens (primary N) is 1. The number of rotatable bonds is 5. The summed E-state index contributed by atoms with van der Waals surface area (Å²) in [7, 11) is 1.69. The van der Waals surface area contributed by atoms with E-state index in [0.717, 1.165) is 6.42 Å². The first kappa shape index (κ1) is 12.2. The van der Waals surface area contributed by atoms with Crippen LogP contribution < -0.4 is 11.3 Å². The van der Waals surface area contributed by atoms with Crippen LogP contribution in [0.5, 0.6) is 0 Å². The van der Waals surface area contributed by atoms with E-state index in [9.17, 15) is 0 Å². The molecule has 15 heavy (non-hydrogen) atoms. The molecule has 0 saturated heterocycles. The predicted octanol–water partition coefficient (Wildman–Crippen LogP) is 1.32. The van der Waals surface area contributed by atoms with E-state index in [1.54, 1.807) is 7.11 Å². The van der Waals surface area contributed by atoms with Crippen LogP contribution in [-0.4, -0.2) is 19.8 Å². The van der Waals surface area contributed by atoms with E-state index in [4.69, 9.17) is 10.6 Å². The number of hydrogen-bond acceptors (Lipinski definition) is 3. The molecule has 3 nitrogen and oxygen atoms in total. The van der Waals surface area contributed by atoms with Crippen molar-refractivity contribution in [1.82, 2.24) is 5.43 Å². The molecule has 0 heterocycles. The Morgan fingerprint density at radius 2 is 1.87 bits per heavy atom. The summed E-state index contributed by atoms with van der Waals surface area (Å²) in [6.07, 6.45) is 0.896. The van der Waals surface area contributed by atoms with Crippen molar-refractivity contribution < 1.29 is 4.74 Å². The number of benzene rings is 1. The summed E-state index contributed by atoms with van der Waals surface area (Å²) in [6, 6.07) is 6.72. The third kappa shape index (κ3) is 4.00. The second-order valence-electron chi connectivity index (χ2n) is 4.02. The Hall–Kier alpha value is -0.900. The van der Waals surface area contributed by atoms with Crippen molar-refractivity contribution in [2.75, 3.05) is 13.7 Å². The topological polar surface area (TPSA) is 47.3 Å². The molecule has 3 heteroatoms. The van der Waals surface area contributed by atoms with Gasteiger partial charge >= 0.3 is 0 Å². The summed E-state index contributed by atoms with van der Waals surface area (Å²) >= 11 is 0. The van der Waals surface area contributed by atoms with Crippen molar-refractivity contribution in [3.63, 3.8) is 0 Å². The molecule has 0 aliphatic heterocycles. The van der Waals surface area contributed by atoms with Gasteiger partial charge in [0.2, 0.25) is 0 Å². The molecule has 0 aliphatic carbocycles. The molecule has 1 aromatic rings. The lowest BCUT2D eigenvalue weighted by atomic mass is 10.0. The van der Waals surface area contributed by atoms with E-state index in [-0.39, 0.29) is 6.04 Å². The van der Waals surface area contributed by atoms with Crippen LogP contribution in [0.4, 0.5) is 0 Å². The number of ether oxygens (including phenoxy) is 1. The Morgan fingerprint density at radius 1 is 1.27 bits per heavy atom. The van der Waals surface area contributed by atoms with Gasteiger partial charge in [-0.2, -0.15) is 0 Å². The van der Waals surface area contributed by atoms with Crippen molar-refractivity contribution in [2.24, 2.45) is 5.84 Å². The van der Waals surface area contributed by atoms with Gasteiger partial charge in [0.1, 0.15) is 0 Å². The molecule has 0 saturated carbocycles. The average Bonchev–Trinajstić information content (AvgIpc) is 2.15. The fourth-order valence-electron chi connectivity index (χ4n) is 1.84. The minimum atomic E-state index is 0.177. The van der Waals surface area contributed by atoms with Crippen molar-refractivity contribution in [1.29, 1.82) is 0 Å². The summed E-state index contributed by atoms with van der Waals surface area (Å²) in [5.41, 5.74) is 6.64. The average molecular weight is 208 g/mol. The largest absolute Gasteiger partial charge is 0.383 e. The molecule has 1 rings (SSSR count). The zero-order chi connectivity index (χ0) is 11.3. The molecule has 3 N–H and O–H groups in total. The van der Waals surface area contributed by atoms with Crippen LogP contribution in [0.25, 0.3) is 0 Å². The zero-order valence-electron chi connectivity index (χ0n) is 9.71. The predicted molar refractivity (Wildman–Crippen MR) is 62.6 cm³/mol. The minimum absolute atomic E-state index is 0.177. The van der Waals surface area contributed by atoms with Crippen LogP contribution in [0.2, 0.25) is 0 Å². The number of nitrogens with one attached hydrogen (secondary N) is 1. The highest BCUT2D eigenvalue weighted by Crippen LogP contribution is 2.10. The molecule has 0 aromatic heterocycles. The third-order valence-electron chi connectivity index (χ3n) is 2.37. The van der Waals surface area contributed by atoms with Gasteiger partial charge in [0, 0.05) is 13.2 Å². The van der Waals surface area contributed by atoms with E-state index < -0.39 is 0 Å². The SMILES string of the molecule is COCC(Cc1cc(C)cc(C)c1)NN. The first-order valence-electron chi connectivity index (χ1n) is 5.18. The monoisotopic (exact) mass is 208 g/mol. The van der Waals surface area contributed by atoms with Gasteiger partial charge in [-0.3, -0.25) is 11.3 Å². The van der Waals surface area contributed by atoms with Crippen LogP contribution in [0.1, 0.15) is 16.7 Å². The molecule has 0 fully saturated rings. The highest BCUT2D eigenvalue weighted by molar-refractivity contribution is 5.29. The smallest absolute Gasteiger partial charge is 0.0632 e. The fourth-order valence-corrected chi connectivity index (χ4v) is 1.84. The maximum atomic E-state index is 5.45. The Morgan fingerprint density at radius 3 is 2.33 bits per heavy atom. The van der Waals surface area contributed by atoms with Crippen LogP contribution >= 0.6 is 0 Å². The molecular formula is C12H20N2O. The van der Waals surface area contributed by atoms with Gasteiger partial charge in [0.05, 0.1) is 6.61 Å². The van der Waals surface area contributed by atoms with Crippen LogP contribution in [0, 0.1) is 13.8 Å². The Balaban J connectivity index is 2.69. The van der Waals surface area contributed by atoms with E-state index in [1.807, 2.05) is 0 Å². The van der Waals surface area contributed by atoms with Crippen molar-refractivity contribution in [2.45, 2.75) is 26.3 Å². The van der Waals surface area contributed by atoms with E-state index in [2.05, 4.69) is 37.5 Å². The third-order valence-corrected chi connectivity index (χ3v) is 2.37. The quantitative estimate of drug-likeness (QED) is 0.567. The highest BCUT2D eigenvalue weighted by atomic mass is 16.5. The zero-order valence-corrected chi connectivity index (χ0v) is 9.71. The van der Waals surface area contributed by atoms with Crippen molar-refractivity contribution in [3.05, 3.63) is 34.9 Å². The molecular weight excluding hydrogens is 188 g/mol. The molecule has 0 radical (unpaired) electrons. The molecule has 0 bridgehead atoms. The molecule has 1 unspecified atom stereocenters. The first-order valence-corrected chi connectivity index (χ1v) is 5.18. The van der Waals surface area contributed by atoms with Gasteiger partial charge in [-0.05, 0) is 25.8 Å². The van der Waals surface area contributed by atoms with Gasteiger partial charge in [0.25, 0.3) is 0 Å². The molecule has 0 amide bonds. The Bertz CT molecular complexity index is 292. The van der Waals surface area contributed by atoms with Gasteiger partial charge in [0.15, 0.2) is 0 Å². The normalized spacial score (nSPS) is 12.8. The standard InChI is InChI=1S/C12H20N2O/c1-9-4-10(2)6-11(5-9)7-12(14-13)8-15-3/h4-6,12,14H,7-8,13H2,1-3H3. The lowest BCUT2D eigenvalue weighted by Crippen LogP contribution is -2.40. The minimum Gasteiger partial charge on any atom is -0.383 e. The van der Waals surface area contributed by atoms with Crippen LogP contribution in [0.15, 0.2) is 18.2 Å². The van der Waals surface area contributed by atoms with E-state index in [1.165, 1.54) is 16.7 Å².